The maximum Gasteiger partial charge on any atom is 0.191 e. The summed E-state index contributed by atoms with van der Waals surface area (Å²) in [4.78, 5) is 4.26. The van der Waals surface area contributed by atoms with Crippen LogP contribution in [-0.2, 0) is 9.84 Å². The molecule has 0 amide bonds. The van der Waals surface area contributed by atoms with Crippen LogP contribution in [0.5, 0.6) is 0 Å². The van der Waals surface area contributed by atoms with E-state index in [1.165, 1.54) is 24.9 Å². The quantitative estimate of drug-likeness (QED) is 0.335. The van der Waals surface area contributed by atoms with E-state index in [4.69, 9.17) is 0 Å². The molecular weight excluding hydrogens is 445 g/mol. The van der Waals surface area contributed by atoms with E-state index in [1.54, 1.807) is 7.05 Å². The number of aliphatic imine (C=N–C) groups is 1. The van der Waals surface area contributed by atoms with Crippen LogP contribution in [-0.4, -0.2) is 57.0 Å². The molecule has 0 bridgehead atoms. The van der Waals surface area contributed by atoms with Gasteiger partial charge in [-0.25, -0.2) is 8.42 Å². The summed E-state index contributed by atoms with van der Waals surface area (Å²) in [5, 5.41) is 6.72. The second-order valence-corrected chi connectivity index (χ2v) is 11.2. The number of guanidine groups is 1. The first-order valence-corrected chi connectivity index (χ1v) is 10.9. The standard InChI is InChI=1S/C15H31N3O2S2.HI/c1-14(2,8-10-22(5,19)20)11-17-13(16-4)18-12-15(3)7-6-9-21-15;/h6-12H2,1-5H3,(H2,16,17,18);1H. The highest BCUT2D eigenvalue weighted by Gasteiger charge is 2.29. The van der Waals surface area contributed by atoms with E-state index in [0.29, 0.717) is 17.7 Å². The molecule has 1 aliphatic rings. The van der Waals surface area contributed by atoms with Crippen molar-refractivity contribution in [1.29, 1.82) is 0 Å². The lowest BCUT2D eigenvalue weighted by atomic mass is 9.90. The summed E-state index contributed by atoms with van der Waals surface area (Å²) < 4.78 is 22.9. The van der Waals surface area contributed by atoms with E-state index < -0.39 is 9.84 Å². The number of halogens is 1. The van der Waals surface area contributed by atoms with Crippen molar-refractivity contribution < 1.29 is 8.42 Å². The van der Waals surface area contributed by atoms with Crippen molar-refractivity contribution in [2.45, 2.75) is 44.8 Å². The Morgan fingerprint density at radius 1 is 1.35 bits per heavy atom. The minimum absolute atomic E-state index is 0. The van der Waals surface area contributed by atoms with Gasteiger partial charge in [0.15, 0.2) is 5.96 Å². The van der Waals surface area contributed by atoms with E-state index >= 15 is 0 Å². The van der Waals surface area contributed by atoms with Gasteiger partial charge in [-0.05, 0) is 37.4 Å². The zero-order chi connectivity index (χ0) is 16.9. The molecule has 0 saturated carbocycles. The van der Waals surface area contributed by atoms with Gasteiger partial charge in [0.2, 0.25) is 0 Å². The molecule has 0 spiro atoms. The zero-order valence-corrected chi connectivity index (χ0v) is 18.9. The first-order chi connectivity index (χ1) is 10.1. The molecule has 1 unspecified atom stereocenters. The summed E-state index contributed by atoms with van der Waals surface area (Å²) in [5.41, 5.74) is -0.0906. The molecule has 0 aliphatic carbocycles. The third-order valence-corrected chi connectivity index (χ3v) is 6.52. The molecule has 1 rings (SSSR count). The van der Waals surface area contributed by atoms with Crippen molar-refractivity contribution in [3.8, 4) is 0 Å². The Bertz CT molecular complexity index is 487. The zero-order valence-electron chi connectivity index (χ0n) is 14.9. The van der Waals surface area contributed by atoms with E-state index in [1.807, 2.05) is 11.8 Å². The average molecular weight is 477 g/mol. The summed E-state index contributed by atoms with van der Waals surface area (Å²) in [6.45, 7) is 8.05. The number of sulfone groups is 1. The summed E-state index contributed by atoms with van der Waals surface area (Å²) in [6.07, 6.45) is 4.45. The number of hydrogen-bond donors (Lipinski definition) is 2. The van der Waals surface area contributed by atoms with Gasteiger partial charge in [0.25, 0.3) is 0 Å². The monoisotopic (exact) mass is 477 g/mol. The summed E-state index contributed by atoms with van der Waals surface area (Å²) >= 11 is 2.02. The van der Waals surface area contributed by atoms with Crippen LogP contribution in [0, 0.1) is 5.41 Å². The van der Waals surface area contributed by atoms with Crippen molar-refractivity contribution >= 4 is 51.5 Å². The smallest absolute Gasteiger partial charge is 0.191 e. The van der Waals surface area contributed by atoms with Gasteiger partial charge in [-0.15, -0.1) is 24.0 Å². The number of nitrogens with one attached hydrogen (secondary N) is 2. The van der Waals surface area contributed by atoms with Crippen LogP contribution in [0.1, 0.15) is 40.0 Å². The Morgan fingerprint density at radius 2 is 2.00 bits per heavy atom. The fourth-order valence-corrected chi connectivity index (χ4v) is 4.51. The minimum atomic E-state index is -2.91. The first kappa shape index (κ1) is 23.3. The molecular formula is C15H32IN3O2S2. The Hall–Kier alpha value is 0.300. The highest BCUT2D eigenvalue weighted by Crippen LogP contribution is 2.36. The summed E-state index contributed by atoms with van der Waals surface area (Å²) in [6, 6.07) is 0. The molecule has 8 heteroatoms. The van der Waals surface area contributed by atoms with E-state index in [9.17, 15) is 8.42 Å². The Balaban J connectivity index is 0.00000484. The van der Waals surface area contributed by atoms with Gasteiger partial charge in [0.05, 0.1) is 5.75 Å². The lowest BCUT2D eigenvalue weighted by Gasteiger charge is -2.28. The van der Waals surface area contributed by atoms with E-state index in [-0.39, 0.29) is 35.1 Å². The molecule has 0 radical (unpaired) electrons. The minimum Gasteiger partial charge on any atom is -0.356 e. The molecule has 1 heterocycles. The van der Waals surface area contributed by atoms with Crippen LogP contribution >= 0.6 is 35.7 Å². The lowest BCUT2D eigenvalue weighted by molar-refractivity contribution is 0.348. The van der Waals surface area contributed by atoms with Gasteiger partial charge >= 0.3 is 0 Å². The highest BCUT2D eigenvalue weighted by atomic mass is 127. The van der Waals surface area contributed by atoms with Crippen LogP contribution in [0.4, 0.5) is 0 Å². The Labute approximate surface area is 163 Å². The van der Waals surface area contributed by atoms with E-state index in [0.717, 1.165) is 12.5 Å². The molecule has 23 heavy (non-hydrogen) atoms. The molecule has 0 aromatic carbocycles. The average Bonchev–Trinajstić information content (AvgIpc) is 2.83. The van der Waals surface area contributed by atoms with Gasteiger partial charge in [-0.1, -0.05) is 13.8 Å². The fourth-order valence-electron chi connectivity index (χ4n) is 2.34. The van der Waals surface area contributed by atoms with Crippen molar-refractivity contribution in [2.75, 3.05) is 37.9 Å². The molecule has 5 nitrogen and oxygen atoms in total. The number of hydrogen-bond acceptors (Lipinski definition) is 4. The lowest BCUT2D eigenvalue weighted by Crippen LogP contribution is -2.46. The molecule has 138 valence electrons. The largest absolute Gasteiger partial charge is 0.356 e. The van der Waals surface area contributed by atoms with Gasteiger partial charge in [-0.2, -0.15) is 11.8 Å². The predicted molar refractivity (Wildman–Crippen MR) is 113 cm³/mol. The topological polar surface area (TPSA) is 70.6 Å². The fraction of sp³-hybridized carbons (Fsp3) is 0.933. The number of rotatable bonds is 7. The van der Waals surface area contributed by atoms with Crippen molar-refractivity contribution in [3.05, 3.63) is 0 Å². The predicted octanol–water partition coefficient (Wildman–Crippen LogP) is 2.52. The van der Waals surface area contributed by atoms with Gasteiger partial charge in [-0.3, -0.25) is 4.99 Å². The summed E-state index contributed by atoms with van der Waals surface area (Å²) in [7, 11) is -1.14. The number of thioether (sulfide) groups is 1. The first-order valence-electron chi connectivity index (χ1n) is 7.82. The van der Waals surface area contributed by atoms with Crippen molar-refractivity contribution in [3.63, 3.8) is 0 Å². The molecule has 0 aromatic heterocycles. The molecule has 1 atom stereocenters. The molecule has 2 N–H and O–H groups in total. The normalized spacial score (nSPS) is 22.6. The third-order valence-electron chi connectivity index (χ3n) is 4.04. The van der Waals surface area contributed by atoms with Crippen LogP contribution < -0.4 is 10.6 Å². The Kier molecular flexibility index (Phi) is 9.82. The maximum atomic E-state index is 11.3. The number of nitrogens with zero attached hydrogens (tertiary/aromatic N) is 1. The second-order valence-electron chi connectivity index (χ2n) is 7.23. The van der Waals surface area contributed by atoms with Crippen LogP contribution in [0.3, 0.4) is 0 Å². The molecule has 1 fully saturated rings. The van der Waals surface area contributed by atoms with Crippen molar-refractivity contribution in [2.24, 2.45) is 10.4 Å². The molecule has 0 aromatic rings. The van der Waals surface area contributed by atoms with Crippen LogP contribution in [0.25, 0.3) is 0 Å². The highest BCUT2D eigenvalue weighted by molar-refractivity contribution is 14.0. The second kappa shape index (κ2) is 9.70. The van der Waals surface area contributed by atoms with Gasteiger partial charge < -0.3 is 10.6 Å². The Morgan fingerprint density at radius 3 is 2.48 bits per heavy atom. The third kappa shape index (κ3) is 10.0. The SMILES string of the molecule is CN=C(NCC(C)(C)CCS(C)(=O)=O)NCC1(C)CCCS1.I. The molecule has 1 aliphatic heterocycles. The van der Waals surface area contributed by atoms with Gasteiger partial charge in [0, 0.05) is 31.1 Å². The summed E-state index contributed by atoms with van der Waals surface area (Å²) in [5.74, 6) is 2.26. The van der Waals surface area contributed by atoms with Crippen molar-refractivity contribution in [1.82, 2.24) is 10.6 Å². The maximum absolute atomic E-state index is 11.3. The van der Waals surface area contributed by atoms with Crippen LogP contribution in [0.15, 0.2) is 4.99 Å². The van der Waals surface area contributed by atoms with Gasteiger partial charge in [0.1, 0.15) is 9.84 Å². The van der Waals surface area contributed by atoms with Crippen LogP contribution in [0.2, 0.25) is 0 Å². The molecule has 1 saturated heterocycles. The van der Waals surface area contributed by atoms with E-state index in [2.05, 4.69) is 36.4 Å².